The molecule has 8 heteroatoms. The van der Waals surface area contributed by atoms with Crippen LogP contribution < -0.4 is 10.9 Å². The van der Waals surface area contributed by atoms with E-state index in [0.29, 0.717) is 30.6 Å². The van der Waals surface area contributed by atoms with E-state index in [-0.39, 0.29) is 17.6 Å². The molecule has 2 unspecified atom stereocenters. The van der Waals surface area contributed by atoms with E-state index < -0.39 is 0 Å². The van der Waals surface area contributed by atoms with Crippen LogP contribution in [-0.2, 0) is 4.74 Å². The zero-order chi connectivity index (χ0) is 18.9. The Hall–Kier alpha value is -3.13. The zero-order valence-electron chi connectivity index (χ0n) is 15.2. The third kappa shape index (κ3) is 3.38. The van der Waals surface area contributed by atoms with Crippen LogP contribution >= 0.6 is 0 Å². The van der Waals surface area contributed by atoms with E-state index in [1.807, 2.05) is 24.3 Å². The van der Waals surface area contributed by atoms with Crippen molar-refractivity contribution in [2.75, 3.05) is 18.5 Å². The molecular weight excluding hydrogens is 356 g/mol. The summed E-state index contributed by atoms with van der Waals surface area (Å²) in [5, 5.41) is 16.5. The van der Waals surface area contributed by atoms with Crippen molar-refractivity contribution in [3.63, 3.8) is 0 Å². The van der Waals surface area contributed by atoms with Gasteiger partial charge in [0, 0.05) is 29.9 Å². The smallest absolute Gasteiger partial charge is 0.267 e. The van der Waals surface area contributed by atoms with Gasteiger partial charge in [-0.25, -0.2) is 4.68 Å². The lowest BCUT2D eigenvalue weighted by atomic mass is 10.1. The second-order valence-corrected chi connectivity index (χ2v) is 7.22. The Morgan fingerprint density at radius 1 is 1.07 bits per heavy atom. The second-order valence-electron chi connectivity index (χ2n) is 7.22. The number of hydrogen-bond acceptors (Lipinski definition) is 7. The van der Waals surface area contributed by atoms with E-state index >= 15 is 0 Å². The molecule has 8 nitrogen and oxygen atoms in total. The molecular formula is C20H20N6O2. The van der Waals surface area contributed by atoms with Gasteiger partial charge < -0.3 is 10.1 Å². The molecule has 2 atom stereocenters. The fourth-order valence-electron chi connectivity index (χ4n) is 3.46. The van der Waals surface area contributed by atoms with Crippen LogP contribution in [0.5, 0.6) is 0 Å². The van der Waals surface area contributed by atoms with Crippen LogP contribution in [0.4, 0.5) is 5.82 Å². The van der Waals surface area contributed by atoms with Gasteiger partial charge in [-0.05, 0) is 43.2 Å². The first-order chi connectivity index (χ1) is 13.8. The molecule has 0 aromatic carbocycles. The highest BCUT2D eigenvalue weighted by molar-refractivity contribution is 5.56. The van der Waals surface area contributed by atoms with E-state index in [1.54, 1.807) is 18.5 Å². The lowest BCUT2D eigenvalue weighted by Gasteiger charge is -2.21. The molecule has 0 radical (unpaired) electrons. The van der Waals surface area contributed by atoms with Crippen LogP contribution in [0.25, 0.3) is 11.3 Å². The first kappa shape index (κ1) is 17.0. The second kappa shape index (κ2) is 7.12. The number of nitrogens with one attached hydrogen (secondary N) is 1. The molecule has 0 spiro atoms. The van der Waals surface area contributed by atoms with Crippen LogP contribution in [0, 0.1) is 0 Å². The lowest BCUT2D eigenvalue weighted by Crippen LogP contribution is -2.37. The molecule has 0 bridgehead atoms. The summed E-state index contributed by atoms with van der Waals surface area (Å²) in [6.45, 7) is 0.886. The molecule has 1 aliphatic carbocycles. The Labute approximate surface area is 161 Å². The van der Waals surface area contributed by atoms with Crippen molar-refractivity contribution in [3.05, 3.63) is 64.8 Å². The Morgan fingerprint density at radius 2 is 2.00 bits per heavy atom. The molecule has 4 heterocycles. The minimum absolute atomic E-state index is 0.115. The number of anilines is 1. The summed E-state index contributed by atoms with van der Waals surface area (Å²) in [7, 11) is 0. The monoisotopic (exact) mass is 376 g/mol. The quantitative estimate of drug-likeness (QED) is 0.728. The Morgan fingerprint density at radius 3 is 2.75 bits per heavy atom. The van der Waals surface area contributed by atoms with E-state index in [1.165, 1.54) is 23.6 Å². The average Bonchev–Trinajstić information content (AvgIpc) is 3.49. The number of rotatable bonds is 5. The zero-order valence-corrected chi connectivity index (χ0v) is 15.2. The number of ether oxygens (including phenoxy) is 1. The number of pyridine rings is 1. The van der Waals surface area contributed by atoms with E-state index in [4.69, 9.17) is 4.74 Å². The third-order valence-corrected chi connectivity index (χ3v) is 5.16. The van der Waals surface area contributed by atoms with Gasteiger partial charge in [0.2, 0.25) is 0 Å². The highest BCUT2D eigenvalue weighted by Gasteiger charge is 2.32. The van der Waals surface area contributed by atoms with Crippen molar-refractivity contribution >= 4 is 5.82 Å². The Balaban J connectivity index is 1.39. The molecule has 3 aromatic heterocycles. The van der Waals surface area contributed by atoms with Crippen molar-refractivity contribution in [3.8, 4) is 11.3 Å². The molecule has 142 valence electrons. The standard InChI is InChI=1S/C20H20N6O2/c27-20-8-6-16(14-2-1-9-21-10-14)25-26(20)18-12-28-11-17(18)22-19-7-5-15(23-24-19)13-3-4-13/h1-2,5-10,13,17-18H,3-4,11-12H2,(H,22,24). The molecule has 5 rings (SSSR count). The fourth-order valence-corrected chi connectivity index (χ4v) is 3.46. The molecule has 1 saturated carbocycles. The number of hydrogen-bond donors (Lipinski definition) is 1. The molecule has 2 aliphatic rings. The van der Waals surface area contributed by atoms with Gasteiger partial charge in [0.15, 0.2) is 0 Å². The summed E-state index contributed by atoms with van der Waals surface area (Å²) in [6, 6.07) is 10.6. The van der Waals surface area contributed by atoms with Crippen LogP contribution in [-0.4, -0.2) is 44.2 Å². The minimum atomic E-state index is -0.228. The SMILES string of the molecule is O=c1ccc(-c2cccnc2)nn1C1COCC1Nc1ccc(C2CC2)nn1. The minimum Gasteiger partial charge on any atom is -0.377 e. The molecule has 1 saturated heterocycles. The van der Waals surface area contributed by atoms with Gasteiger partial charge in [0.25, 0.3) is 5.56 Å². The normalized spacial score (nSPS) is 21.6. The van der Waals surface area contributed by atoms with Crippen molar-refractivity contribution in [2.24, 2.45) is 0 Å². The van der Waals surface area contributed by atoms with Crippen molar-refractivity contribution < 1.29 is 4.74 Å². The van der Waals surface area contributed by atoms with Gasteiger partial charge in [-0.1, -0.05) is 0 Å². The van der Waals surface area contributed by atoms with Crippen molar-refractivity contribution in [1.82, 2.24) is 25.0 Å². The van der Waals surface area contributed by atoms with Gasteiger partial charge in [0.1, 0.15) is 11.9 Å². The highest BCUT2D eigenvalue weighted by Crippen LogP contribution is 2.38. The summed E-state index contributed by atoms with van der Waals surface area (Å²) in [6.07, 6.45) is 5.83. The first-order valence-corrected chi connectivity index (χ1v) is 9.46. The summed E-state index contributed by atoms with van der Waals surface area (Å²) in [5.41, 5.74) is 2.45. The maximum atomic E-state index is 12.5. The average molecular weight is 376 g/mol. The fraction of sp³-hybridized carbons (Fsp3) is 0.350. The number of nitrogens with zero attached hydrogens (tertiary/aromatic N) is 5. The number of aromatic nitrogens is 5. The van der Waals surface area contributed by atoms with Crippen LogP contribution in [0.15, 0.2) is 53.6 Å². The molecule has 1 aliphatic heterocycles. The maximum absolute atomic E-state index is 12.5. The van der Waals surface area contributed by atoms with Crippen LogP contribution in [0.2, 0.25) is 0 Å². The topological polar surface area (TPSA) is 94.8 Å². The first-order valence-electron chi connectivity index (χ1n) is 9.46. The van der Waals surface area contributed by atoms with Gasteiger partial charge >= 0.3 is 0 Å². The maximum Gasteiger partial charge on any atom is 0.267 e. The molecule has 0 amide bonds. The van der Waals surface area contributed by atoms with Crippen LogP contribution in [0.1, 0.15) is 30.5 Å². The van der Waals surface area contributed by atoms with Crippen LogP contribution in [0.3, 0.4) is 0 Å². The molecule has 3 aromatic rings. The van der Waals surface area contributed by atoms with E-state index in [9.17, 15) is 4.79 Å². The summed E-state index contributed by atoms with van der Waals surface area (Å²) >= 11 is 0. The Kier molecular flexibility index (Phi) is 4.32. The lowest BCUT2D eigenvalue weighted by molar-refractivity contribution is 0.183. The van der Waals surface area contributed by atoms with Crippen molar-refractivity contribution in [1.29, 1.82) is 0 Å². The van der Waals surface area contributed by atoms with E-state index in [0.717, 1.165) is 11.3 Å². The Bertz CT molecular complexity index is 1020. The molecule has 1 N–H and O–H groups in total. The summed E-state index contributed by atoms with van der Waals surface area (Å²) in [5.74, 6) is 1.25. The van der Waals surface area contributed by atoms with Crippen molar-refractivity contribution in [2.45, 2.75) is 30.8 Å². The predicted octanol–water partition coefficient (Wildman–Crippen LogP) is 2.02. The van der Waals surface area contributed by atoms with Gasteiger partial charge in [-0.15, -0.1) is 5.10 Å². The van der Waals surface area contributed by atoms with E-state index in [2.05, 4.69) is 25.6 Å². The van der Waals surface area contributed by atoms with Gasteiger partial charge in [-0.2, -0.15) is 10.2 Å². The largest absolute Gasteiger partial charge is 0.377 e. The molecule has 2 fully saturated rings. The summed E-state index contributed by atoms with van der Waals surface area (Å²) < 4.78 is 7.15. The summed E-state index contributed by atoms with van der Waals surface area (Å²) in [4.78, 5) is 16.6. The molecule has 28 heavy (non-hydrogen) atoms. The van der Waals surface area contributed by atoms with Gasteiger partial charge in [0.05, 0.1) is 30.6 Å². The van der Waals surface area contributed by atoms with Gasteiger partial charge in [-0.3, -0.25) is 9.78 Å². The predicted molar refractivity (Wildman–Crippen MR) is 103 cm³/mol. The highest BCUT2D eigenvalue weighted by atomic mass is 16.5. The third-order valence-electron chi connectivity index (χ3n) is 5.16.